The van der Waals surface area contributed by atoms with E-state index in [1.807, 2.05) is 6.08 Å². The van der Waals surface area contributed by atoms with Crippen LogP contribution in [0.2, 0.25) is 0 Å². The molecule has 0 amide bonds. The summed E-state index contributed by atoms with van der Waals surface area (Å²) in [6.45, 7) is 0. The second-order valence-corrected chi connectivity index (χ2v) is 2.44. The summed E-state index contributed by atoms with van der Waals surface area (Å²) in [5.41, 5.74) is 0.959. The minimum absolute atomic E-state index is 0.959. The molecule has 1 aliphatic rings. The van der Waals surface area contributed by atoms with Crippen LogP contribution in [0.25, 0.3) is 0 Å². The van der Waals surface area contributed by atoms with Gasteiger partial charge in [0.1, 0.15) is 0 Å². The molecule has 0 aliphatic heterocycles. The fourth-order valence-electron chi connectivity index (χ4n) is 1.11. The number of hydrogen-bond acceptors (Lipinski definition) is 2. The van der Waals surface area contributed by atoms with Gasteiger partial charge in [-0.1, -0.05) is 6.08 Å². The lowest BCUT2D eigenvalue weighted by molar-refractivity contribution is 0.503. The highest BCUT2D eigenvalue weighted by molar-refractivity contribution is 5.03. The zero-order chi connectivity index (χ0) is 6.69. The van der Waals surface area contributed by atoms with Crippen molar-refractivity contribution < 1.29 is 0 Å². The highest BCUT2D eigenvalue weighted by atomic mass is 16.5. The van der Waals surface area contributed by atoms with Gasteiger partial charge in [-0.05, 0) is 38.4 Å². The van der Waals surface area contributed by atoms with Crippen molar-refractivity contribution in [3.8, 4) is 0 Å². The van der Waals surface area contributed by atoms with Crippen molar-refractivity contribution in [2.45, 2.75) is 25.7 Å². The molecule has 52 valence electrons. The van der Waals surface area contributed by atoms with Crippen molar-refractivity contribution in [1.82, 2.24) is 5.06 Å². The third kappa shape index (κ3) is 1.72. The Morgan fingerprint density at radius 3 is 2.67 bits per heavy atom. The zero-order valence-electron chi connectivity index (χ0n) is 5.76. The summed E-state index contributed by atoms with van der Waals surface area (Å²) in [7, 11) is 1.57. The quantitative estimate of drug-likeness (QED) is 0.501. The Morgan fingerprint density at radius 2 is 2.33 bits per heavy atom. The molecule has 1 aliphatic carbocycles. The van der Waals surface area contributed by atoms with Gasteiger partial charge >= 0.3 is 0 Å². The van der Waals surface area contributed by atoms with E-state index in [2.05, 4.69) is 0 Å². The van der Waals surface area contributed by atoms with Gasteiger partial charge in [-0.25, -0.2) is 0 Å². The molecule has 0 N–H and O–H groups in total. The molecule has 9 heavy (non-hydrogen) atoms. The smallest absolute Gasteiger partial charge is 0.00170 e. The molecule has 0 spiro atoms. The van der Waals surface area contributed by atoms with E-state index in [9.17, 15) is 5.21 Å². The van der Waals surface area contributed by atoms with Crippen molar-refractivity contribution in [2.24, 2.45) is 0 Å². The first kappa shape index (κ1) is 6.62. The maximum atomic E-state index is 10.6. The molecule has 0 aromatic carbocycles. The number of allylic oxidation sites excluding steroid dienone is 2. The summed E-state index contributed by atoms with van der Waals surface area (Å²) >= 11 is 0. The van der Waals surface area contributed by atoms with Crippen LogP contribution in [0, 0.1) is 5.21 Å². The monoisotopic (exact) mass is 126 g/mol. The summed E-state index contributed by atoms with van der Waals surface area (Å²) < 4.78 is 0. The summed E-state index contributed by atoms with van der Waals surface area (Å²) in [5.74, 6) is 0. The van der Waals surface area contributed by atoms with Crippen LogP contribution in [0.3, 0.4) is 0 Å². The van der Waals surface area contributed by atoms with Crippen LogP contribution in [0.1, 0.15) is 25.7 Å². The summed E-state index contributed by atoms with van der Waals surface area (Å²) in [6, 6.07) is 0. The highest BCUT2D eigenvalue weighted by Crippen LogP contribution is 2.18. The minimum Gasteiger partial charge on any atom is -0.759 e. The number of hydrogen-bond donors (Lipinski definition) is 0. The van der Waals surface area contributed by atoms with E-state index in [1.165, 1.54) is 12.8 Å². The molecule has 2 heteroatoms. The fraction of sp³-hybridized carbons (Fsp3) is 0.714. The van der Waals surface area contributed by atoms with E-state index in [0.29, 0.717) is 0 Å². The third-order valence-corrected chi connectivity index (χ3v) is 1.67. The van der Waals surface area contributed by atoms with Crippen LogP contribution in [-0.4, -0.2) is 12.1 Å². The highest BCUT2D eigenvalue weighted by Gasteiger charge is 2.00. The van der Waals surface area contributed by atoms with Crippen molar-refractivity contribution in [3.63, 3.8) is 0 Å². The average molecular weight is 126 g/mol. The molecule has 0 fully saturated rings. The SMILES string of the molecule is CN([O-])C1=CCCCC1. The number of nitrogens with zero attached hydrogens (tertiary/aromatic N) is 1. The van der Waals surface area contributed by atoms with Crippen LogP contribution in [0.4, 0.5) is 0 Å². The zero-order valence-corrected chi connectivity index (χ0v) is 5.76. The molecule has 0 unspecified atom stereocenters. The predicted octanol–water partition coefficient (Wildman–Crippen LogP) is 1.87. The molecular weight excluding hydrogens is 114 g/mol. The van der Waals surface area contributed by atoms with Gasteiger partial charge in [0.25, 0.3) is 0 Å². The average Bonchev–Trinajstić information content (AvgIpc) is 1.90. The third-order valence-electron chi connectivity index (χ3n) is 1.67. The van der Waals surface area contributed by atoms with Crippen LogP contribution in [0.5, 0.6) is 0 Å². The lowest BCUT2D eigenvalue weighted by Gasteiger charge is -2.30. The summed E-state index contributed by atoms with van der Waals surface area (Å²) in [6.07, 6.45) is 6.52. The first-order valence-electron chi connectivity index (χ1n) is 3.40. The Hall–Kier alpha value is -0.500. The van der Waals surface area contributed by atoms with Gasteiger partial charge in [0.15, 0.2) is 0 Å². The van der Waals surface area contributed by atoms with Crippen LogP contribution in [0.15, 0.2) is 11.8 Å². The first-order chi connectivity index (χ1) is 4.30. The minimum atomic E-state index is 0.959. The lowest BCUT2D eigenvalue weighted by atomic mass is 10.1. The second kappa shape index (κ2) is 2.87. The second-order valence-electron chi connectivity index (χ2n) is 2.44. The topological polar surface area (TPSA) is 26.3 Å². The molecule has 1 rings (SSSR count). The van der Waals surface area contributed by atoms with E-state index < -0.39 is 0 Å². The predicted molar refractivity (Wildman–Crippen MR) is 37.7 cm³/mol. The van der Waals surface area contributed by atoms with Crippen LogP contribution in [-0.2, 0) is 0 Å². The van der Waals surface area contributed by atoms with Gasteiger partial charge in [-0.15, -0.1) is 0 Å². The van der Waals surface area contributed by atoms with Crippen LogP contribution < -0.4 is 0 Å². The first-order valence-corrected chi connectivity index (χ1v) is 3.40. The molecular formula is C7H12NO-. The molecule has 0 saturated heterocycles. The van der Waals surface area contributed by atoms with E-state index in [0.717, 1.165) is 23.6 Å². The fourth-order valence-corrected chi connectivity index (χ4v) is 1.11. The molecule has 2 nitrogen and oxygen atoms in total. The van der Waals surface area contributed by atoms with E-state index in [4.69, 9.17) is 0 Å². The van der Waals surface area contributed by atoms with Gasteiger partial charge < -0.3 is 10.3 Å². The van der Waals surface area contributed by atoms with Crippen LogP contribution >= 0.6 is 0 Å². The molecule has 0 aromatic rings. The lowest BCUT2D eigenvalue weighted by Crippen LogP contribution is -2.10. The Morgan fingerprint density at radius 1 is 1.56 bits per heavy atom. The normalized spacial score (nSPS) is 19.1. The molecule has 0 bridgehead atoms. The van der Waals surface area contributed by atoms with Crippen molar-refractivity contribution in [3.05, 3.63) is 17.0 Å². The number of rotatable bonds is 1. The van der Waals surface area contributed by atoms with Gasteiger partial charge in [0, 0.05) is 0 Å². The maximum absolute atomic E-state index is 10.6. The largest absolute Gasteiger partial charge is 0.759 e. The van der Waals surface area contributed by atoms with E-state index >= 15 is 0 Å². The molecule has 0 saturated carbocycles. The van der Waals surface area contributed by atoms with Crippen molar-refractivity contribution in [1.29, 1.82) is 0 Å². The molecule has 0 radical (unpaired) electrons. The molecule has 0 aromatic heterocycles. The maximum Gasteiger partial charge on any atom is -0.00170 e. The van der Waals surface area contributed by atoms with Gasteiger partial charge in [0.05, 0.1) is 0 Å². The van der Waals surface area contributed by atoms with E-state index in [1.54, 1.807) is 7.05 Å². The molecule has 0 atom stereocenters. The van der Waals surface area contributed by atoms with Crippen molar-refractivity contribution in [2.75, 3.05) is 7.05 Å². The number of hydroxylamine groups is 2. The van der Waals surface area contributed by atoms with Gasteiger partial charge in [0.2, 0.25) is 0 Å². The van der Waals surface area contributed by atoms with Gasteiger partial charge in [-0.2, -0.15) is 0 Å². The standard InChI is InChI=1S/C7H12NO/c1-8(9)7-5-3-2-4-6-7/h5H,2-4,6H2,1H3/q-1. The van der Waals surface area contributed by atoms with E-state index in [-0.39, 0.29) is 0 Å². The molecule has 0 heterocycles. The Bertz CT molecular complexity index is 118. The van der Waals surface area contributed by atoms with Crippen molar-refractivity contribution >= 4 is 0 Å². The summed E-state index contributed by atoms with van der Waals surface area (Å²) in [4.78, 5) is 0. The Balaban J connectivity index is 2.46. The van der Waals surface area contributed by atoms with Gasteiger partial charge in [-0.3, -0.25) is 0 Å². The summed E-state index contributed by atoms with van der Waals surface area (Å²) in [5, 5.41) is 11.6. The Labute approximate surface area is 55.7 Å². The Kier molecular flexibility index (Phi) is 2.11.